The van der Waals surface area contributed by atoms with Crippen molar-refractivity contribution < 1.29 is 19.5 Å². The number of urea groups is 1. The molecule has 8 heteroatoms. The Morgan fingerprint density at radius 2 is 2.08 bits per heavy atom. The fourth-order valence-electron chi connectivity index (χ4n) is 3.22. The molecule has 1 atom stereocenters. The zero-order chi connectivity index (χ0) is 17.5. The molecule has 7 nitrogen and oxygen atoms in total. The van der Waals surface area contributed by atoms with Gasteiger partial charge < -0.3 is 15.3 Å². The van der Waals surface area contributed by atoms with Crippen LogP contribution in [-0.2, 0) is 4.79 Å². The summed E-state index contributed by atoms with van der Waals surface area (Å²) < 4.78 is 0. The third-order valence-electron chi connectivity index (χ3n) is 4.69. The van der Waals surface area contributed by atoms with E-state index in [0.717, 1.165) is 0 Å². The Hall–Kier alpha value is -2.28. The number of carboxylic acid groups (broad SMARTS) is 1. The maximum Gasteiger partial charge on any atom is 0.329 e. The van der Waals surface area contributed by atoms with Crippen molar-refractivity contribution in [3.05, 3.63) is 28.8 Å². The van der Waals surface area contributed by atoms with Gasteiger partial charge in [-0.05, 0) is 38.0 Å². The second-order valence-corrected chi connectivity index (χ2v) is 6.60. The molecule has 2 aliphatic heterocycles. The highest BCUT2D eigenvalue weighted by atomic mass is 35.5. The molecule has 0 radical (unpaired) electrons. The average Bonchev–Trinajstić information content (AvgIpc) is 3.14. The molecule has 128 valence electrons. The van der Waals surface area contributed by atoms with Crippen LogP contribution in [0.4, 0.5) is 10.5 Å². The lowest BCUT2D eigenvalue weighted by atomic mass is 9.98. The third kappa shape index (κ3) is 2.58. The zero-order valence-electron chi connectivity index (χ0n) is 13.2. The van der Waals surface area contributed by atoms with Crippen LogP contribution < -0.4 is 10.2 Å². The topological polar surface area (TPSA) is 89.9 Å². The van der Waals surface area contributed by atoms with Gasteiger partial charge in [0, 0.05) is 25.2 Å². The van der Waals surface area contributed by atoms with Crippen LogP contribution in [0.25, 0.3) is 0 Å². The van der Waals surface area contributed by atoms with E-state index in [1.54, 1.807) is 25.1 Å². The molecule has 2 heterocycles. The van der Waals surface area contributed by atoms with Gasteiger partial charge in [-0.1, -0.05) is 11.6 Å². The third-order valence-corrected chi connectivity index (χ3v) is 5.01. The summed E-state index contributed by atoms with van der Waals surface area (Å²) in [6.07, 6.45) is 1.06. The van der Waals surface area contributed by atoms with E-state index in [1.165, 1.54) is 9.80 Å². The van der Waals surface area contributed by atoms with E-state index >= 15 is 0 Å². The standard InChI is InChI=1S/C16H18ClN3O4/c1-16(14(22)23)5-2-7-20(16)13(21)10-3-4-11(17)12(9-10)19-8-6-18-15(19)24/h3-4,9H,2,5-8H2,1H3,(H,18,24)(H,22,23). The SMILES string of the molecule is CC1(C(=O)O)CCCN1C(=O)c1ccc(Cl)c(N2CCNC2=O)c1. The summed E-state index contributed by atoms with van der Waals surface area (Å²) in [6, 6.07) is 4.40. The largest absolute Gasteiger partial charge is 0.480 e. The minimum absolute atomic E-state index is 0.266. The summed E-state index contributed by atoms with van der Waals surface area (Å²) in [6.45, 7) is 2.93. The van der Waals surface area contributed by atoms with Crippen molar-refractivity contribution in [3.63, 3.8) is 0 Å². The Labute approximate surface area is 144 Å². The maximum absolute atomic E-state index is 12.8. The highest BCUT2D eigenvalue weighted by molar-refractivity contribution is 6.34. The Bertz CT molecular complexity index is 723. The molecule has 2 aliphatic rings. The summed E-state index contributed by atoms with van der Waals surface area (Å²) in [5, 5.41) is 12.5. The summed E-state index contributed by atoms with van der Waals surface area (Å²) in [7, 11) is 0. The number of nitrogens with zero attached hydrogens (tertiary/aromatic N) is 2. The second-order valence-electron chi connectivity index (χ2n) is 6.19. The Morgan fingerprint density at radius 1 is 1.33 bits per heavy atom. The molecular formula is C16H18ClN3O4. The summed E-state index contributed by atoms with van der Waals surface area (Å²) in [4.78, 5) is 39.1. The number of carboxylic acids is 1. The van der Waals surface area contributed by atoms with E-state index in [2.05, 4.69) is 5.32 Å². The summed E-state index contributed by atoms with van der Waals surface area (Å²) in [5.74, 6) is -1.38. The lowest BCUT2D eigenvalue weighted by Crippen LogP contribution is -2.50. The van der Waals surface area contributed by atoms with Gasteiger partial charge in [-0.15, -0.1) is 0 Å². The number of rotatable bonds is 3. The second kappa shape index (κ2) is 5.98. The minimum Gasteiger partial charge on any atom is -0.480 e. The van der Waals surface area contributed by atoms with Crippen LogP contribution >= 0.6 is 11.6 Å². The molecular weight excluding hydrogens is 334 g/mol. The fourth-order valence-corrected chi connectivity index (χ4v) is 3.44. The number of nitrogens with one attached hydrogen (secondary N) is 1. The molecule has 2 N–H and O–H groups in total. The first-order valence-corrected chi connectivity index (χ1v) is 8.12. The van der Waals surface area contributed by atoms with E-state index < -0.39 is 11.5 Å². The van der Waals surface area contributed by atoms with E-state index in [0.29, 0.717) is 48.7 Å². The number of carbonyl (C=O) groups excluding carboxylic acids is 2. The lowest BCUT2D eigenvalue weighted by Gasteiger charge is -2.31. The van der Waals surface area contributed by atoms with Crippen LogP contribution in [0.5, 0.6) is 0 Å². The Kier molecular flexibility index (Phi) is 4.13. The lowest BCUT2D eigenvalue weighted by molar-refractivity contribution is -0.147. The smallest absolute Gasteiger partial charge is 0.329 e. The van der Waals surface area contributed by atoms with E-state index in [9.17, 15) is 19.5 Å². The number of aliphatic carboxylic acids is 1. The predicted octanol–water partition coefficient (Wildman–Crippen LogP) is 1.95. The van der Waals surface area contributed by atoms with Gasteiger partial charge in [0.2, 0.25) is 0 Å². The van der Waals surface area contributed by atoms with Crippen molar-refractivity contribution in [2.24, 2.45) is 0 Å². The van der Waals surface area contributed by atoms with Crippen molar-refractivity contribution in [3.8, 4) is 0 Å². The van der Waals surface area contributed by atoms with Gasteiger partial charge in [-0.2, -0.15) is 0 Å². The number of hydrogen-bond donors (Lipinski definition) is 2. The quantitative estimate of drug-likeness (QED) is 0.871. The Morgan fingerprint density at radius 3 is 2.71 bits per heavy atom. The number of hydrogen-bond acceptors (Lipinski definition) is 3. The van der Waals surface area contributed by atoms with Gasteiger partial charge in [0.1, 0.15) is 5.54 Å². The highest BCUT2D eigenvalue weighted by Gasteiger charge is 2.46. The molecule has 1 aromatic rings. The van der Waals surface area contributed by atoms with Crippen LogP contribution in [0, 0.1) is 0 Å². The van der Waals surface area contributed by atoms with E-state index in [4.69, 9.17) is 11.6 Å². The van der Waals surface area contributed by atoms with Gasteiger partial charge in [0.05, 0.1) is 10.7 Å². The number of likely N-dealkylation sites (tertiary alicyclic amines) is 1. The summed E-state index contributed by atoms with van der Waals surface area (Å²) >= 11 is 6.17. The zero-order valence-corrected chi connectivity index (χ0v) is 14.0. The van der Waals surface area contributed by atoms with E-state index in [-0.39, 0.29) is 11.9 Å². The molecule has 1 aromatic carbocycles. The van der Waals surface area contributed by atoms with E-state index in [1.807, 2.05) is 0 Å². The summed E-state index contributed by atoms with van der Waals surface area (Å²) in [5.41, 5.74) is -0.431. The molecule has 3 amide bonds. The van der Waals surface area contributed by atoms with Gasteiger partial charge in [0.25, 0.3) is 5.91 Å². The van der Waals surface area contributed by atoms with Crippen molar-refractivity contribution >= 4 is 35.2 Å². The fraction of sp³-hybridized carbons (Fsp3) is 0.438. The molecule has 1 unspecified atom stereocenters. The number of amides is 3. The first-order chi connectivity index (χ1) is 11.3. The van der Waals surface area contributed by atoms with Gasteiger partial charge in [0.15, 0.2) is 0 Å². The first-order valence-electron chi connectivity index (χ1n) is 7.75. The van der Waals surface area contributed by atoms with Crippen molar-refractivity contribution in [2.75, 3.05) is 24.5 Å². The van der Waals surface area contributed by atoms with Gasteiger partial charge in [-0.25, -0.2) is 9.59 Å². The van der Waals surface area contributed by atoms with Crippen molar-refractivity contribution in [1.29, 1.82) is 0 Å². The normalized spacial score (nSPS) is 23.5. The first kappa shape index (κ1) is 16.6. The van der Waals surface area contributed by atoms with Gasteiger partial charge >= 0.3 is 12.0 Å². The predicted molar refractivity (Wildman–Crippen MR) is 88.5 cm³/mol. The molecule has 0 aliphatic carbocycles. The van der Waals surface area contributed by atoms with Crippen molar-refractivity contribution in [2.45, 2.75) is 25.3 Å². The Balaban J connectivity index is 1.94. The molecule has 2 saturated heterocycles. The molecule has 0 bridgehead atoms. The van der Waals surface area contributed by atoms with Gasteiger partial charge in [-0.3, -0.25) is 9.69 Å². The molecule has 0 spiro atoms. The molecule has 3 rings (SSSR count). The number of anilines is 1. The average molecular weight is 352 g/mol. The molecule has 2 fully saturated rings. The molecule has 24 heavy (non-hydrogen) atoms. The van der Waals surface area contributed by atoms with Crippen LogP contribution in [-0.4, -0.2) is 53.1 Å². The highest BCUT2D eigenvalue weighted by Crippen LogP contribution is 2.33. The van der Waals surface area contributed by atoms with Crippen LogP contribution in [0.1, 0.15) is 30.1 Å². The number of carbonyl (C=O) groups is 3. The maximum atomic E-state index is 12.8. The number of benzene rings is 1. The monoisotopic (exact) mass is 351 g/mol. The minimum atomic E-state index is -1.21. The van der Waals surface area contributed by atoms with Crippen LogP contribution in [0.3, 0.4) is 0 Å². The van der Waals surface area contributed by atoms with Crippen LogP contribution in [0.2, 0.25) is 5.02 Å². The van der Waals surface area contributed by atoms with Crippen LogP contribution in [0.15, 0.2) is 18.2 Å². The van der Waals surface area contributed by atoms with Crippen molar-refractivity contribution in [1.82, 2.24) is 10.2 Å². The molecule has 0 saturated carbocycles. The molecule has 0 aromatic heterocycles. The number of halogens is 1.